The summed E-state index contributed by atoms with van der Waals surface area (Å²) in [6.07, 6.45) is 3.00. The monoisotopic (exact) mass is 1010 g/mol. The Morgan fingerprint density at radius 1 is 0.500 bits per heavy atom. The summed E-state index contributed by atoms with van der Waals surface area (Å²) >= 11 is 23.9. The van der Waals surface area contributed by atoms with Crippen LogP contribution in [0.5, 0.6) is 0 Å². The number of amides is 2. The van der Waals surface area contributed by atoms with Gasteiger partial charge in [0.25, 0.3) is 20.0 Å². The fraction of sp³-hybridized carbons (Fsp3) is 0.208. The number of hydrogen-bond acceptors (Lipinski definition) is 6. The molecule has 2 aliphatic heterocycles. The van der Waals surface area contributed by atoms with Gasteiger partial charge in [-0.05, 0) is 152 Å². The highest BCUT2D eigenvalue weighted by molar-refractivity contribution is 7.93. The van der Waals surface area contributed by atoms with Crippen LogP contribution in [0.1, 0.15) is 48.9 Å². The topological polar surface area (TPSA) is 115 Å². The number of likely N-dealkylation sites (tertiary alicyclic amines) is 2. The van der Waals surface area contributed by atoms with Crippen LogP contribution in [0.3, 0.4) is 0 Å². The Balaban J connectivity index is 0.000000196. The van der Waals surface area contributed by atoms with Crippen LogP contribution >= 0.6 is 46.4 Å². The van der Waals surface area contributed by atoms with Gasteiger partial charge in [-0.15, -0.1) is 0 Å². The van der Waals surface area contributed by atoms with E-state index in [0.717, 1.165) is 45.4 Å². The second kappa shape index (κ2) is 21.2. The van der Waals surface area contributed by atoms with E-state index in [9.17, 15) is 35.2 Å². The highest BCUT2D eigenvalue weighted by Crippen LogP contribution is 2.35. The summed E-state index contributed by atoms with van der Waals surface area (Å²) in [6, 6.07) is 35.8. The third kappa shape index (κ3) is 11.5. The maximum absolute atomic E-state index is 13.5. The van der Waals surface area contributed by atoms with Crippen molar-refractivity contribution in [3.63, 3.8) is 0 Å². The molecule has 0 aromatic heterocycles. The standard InChI is InChI=1S/2C24H21Cl2FN2O3S/c25-18-8-12-21(13-9-18)29(33(31,32)22-4-1-3-19(26)15-22)16-24(30)28-14-2-5-23(28)17-6-10-20(27)11-7-17;25-18-5-11-21(12-6-18)29(33(31,32)22-13-7-19(26)8-14-22)16-24(30)28-15-1-2-23(28)17-3-9-20(27)10-4-17/h1,3-4,6-13,15,23H,2,5,14,16H2;3-14,23H,1-2,15-16H2. The second-order valence-corrected chi connectivity index (χ2v) is 21.0. The maximum Gasteiger partial charge on any atom is 0.264 e. The molecule has 2 saturated heterocycles. The molecule has 2 heterocycles. The fourth-order valence-corrected chi connectivity index (χ4v) is 11.5. The molecule has 0 N–H and O–H groups in total. The van der Waals surface area contributed by atoms with E-state index < -0.39 is 26.6 Å². The summed E-state index contributed by atoms with van der Waals surface area (Å²) in [7, 11) is -8.15. The molecule has 0 spiro atoms. The fourth-order valence-electron chi connectivity index (χ4n) is 7.95. The summed E-state index contributed by atoms with van der Waals surface area (Å²) in [4.78, 5) is 30.1. The number of halogens is 6. The third-order valence-corrected chi connectivity index (χ3v) is 15.8. The van der Waals surface area contributed by atoms with Gasteiger partial charge in [0.15, 0.2) is 0 Å². The molecule has 2 fully saturated rings. The summed E-state index contributed by atoms with van der Waals surface area (Å²) < 4.78 is 82.9. The zero-order valence-electron chi connectivity index (χ0n) is 35.0. The quantitative estimate of drug-likeness (QED) is 0.121. The first kappa shape index (κ1) is 48.7. The molecule has 10 nitrogen and oxygen atoms in total. The van der Waals surface area contributed by atoms with Crippen molar-refractivity contribution in [2.24, 2.45) is 0 Å². The Morgan fingerprint density at radius 2 is 0.879 bits per heavy atom. The van der Waals surface area contributed by atoms with Gasteiger partial charge in [0.1, 0.15) is 24.7 Å². The van der Waals surface area contributed by atoms with Crippen molar-refractivity contribution >= 4 is 89.6 Å². The van der Waals surface area contributed by atoms with E-state index >= 15 is 0 Å². The second-order valence-electron chi connectivity index (χ2n) is 15.5. The molecule has 66 heavy (non-hydrogen) atoms. The van der Waals surface area contributed by atoms with E-state index in [0.29, 0.717) is 39.5 Å². The van der Waals surface area contributed by atoms with Crippen LogP contribution in [0.25, 0.3) is 0 Å². The molecule has 18 heteroatoms. The van der Waals surface area contributed by atoms with Gasteiger partial charge in [0.05, 0.1) is 33.2 Å². The number of carbonyl (C=O) groups excluding carboxylic acids is 2. The summed E-state index contributed by atoms with van der Waals surface area (Å²) in [5, 5.41) is 1.57. The van der Waals surface area contributed by atoms with Gasteiger partial charge in [-0.3, -0.25) is 18.2 Å². The van der Waals surface area contributed by atoms with Crippen LogP contribution in [0.2, 0.25) is 20.1 Å². The van der Waals surface area contributed by atoms with Crippen LogP contribution < -0.4 is 8.61 Å². The lowest BCUT2D eigenvalue weighted by atomic mass is 10.0. The van der Waals surface area contributed by atoms with Crippen molar-refractivity contribution in [3.8, 4) is 0 Å². The Labute approximate surface area is 403 Å². The molecule has 0 radical (unpaired) electrons. The molecule has 0 bridgehead atoms. The smallest absolute Gasteiger partial charge is 0.264 e. The van der Waals surface area contributed by atoms with E-state index in [-0.39, 0.29) is 56.9 Å². The molecule has 2 unspecified atom stereocenters. The van der Waals surface area contributed by atoms with Crippen molar-refractivity contribution in [2.45, 2.75) is 47.6 Å². The third-order valence-electron chi connectivity index (χ3n) is 11.2. The Kier molecular flexibility index (Phi) is 15.6. The van der Waals surface area contributed by atoms with Crippen LogP contribution in [0.15, 0.2) is 155 Å². The molecule has 6 aromatic carbocycles. The summed E-state index contributed by atoms with van der Waals surface area (Å²) in [6.45, 7) is 0.210. The minimum absolute atomic E-state index is 0.0192. The highest BCUT2D eigenvalue weighted by Gasteiger charge is 2.36. The minimum Gasteiger partial charge on any atom is -0.334 e. The number of nitrogens with zero attached hydrogens (tertiary/aromatic N) is 4. The SMILES string of the molecule is O=C(CN(c1ccc(Cl)cc1)S(=O)(=O)c1ccc(Cl)cc1)N1CCCC1c1ccc(F)cc1.O=C(CN(c1ccc(Cl)cc1)S(=O)(=O)c1cccc(Cl)c1)N1CCCC1c1ccc(F)cc1. The van der Waals surface area contributed by atoms with Crippen molar-refractivity contribution in [1.82, 2.24) is 9.80 Å². The minimum atomic E-state index is -4.09. The predicted molar refractivity (Wildman–Crippen MR) is 255 cm³/mol. The number of hydrogen-bond donors (Lipinski definition) is 0. The average molecular weight is 1010 g/mol. The van der Waals surface area contributed by atoms with Crippen LogP contribution in [0, 0.1) is 11.6 Å². The molecule has 344 valence electrons. The van der Waals surface area contributed by atoms with Crippen molar-refractivity contribution < 1.29 is 35.2 Å². The molecule has 8 rings (SSSR count). The first-order chi connectivity index (χ1) is 31.5. The van der Waals surface area contributed by atoms with Gasteiger partial charge in [-0.2, -0.15) is 0 Å². The van der Waals surface area contributed by atoms with Crippen LogP contribution in [0.4, 0.5) is 20.2 Å². The van der Waals surface area contributed by atoms with Gasteiger partial charge >= 0.3 is 0 Å². The normalized spacial score (nSPS) is 16.1. The maximum atomic E-state index is 13.5. The van der Waals surface area contributed by atoms with E-state index in [1.165, 1.54) is 60.7 Å². The van der Waals surface area contributed by atoms with Crippen LogP contribution in [-0.4, -0.2) is 64.6 Å². The van der Waals surface area contributed by atoms with Gasteiger partial charge in [-0.25, -0.2) is 25.6 Å². The molecular formula is C48H42Cl4F2N4O6S2. The largest absolute Gasteiger partial charge is 0.334 e. The van der Waals surface area contributed by atoms with Crippen molar-refractivity contribution in [2.75, 3.05) is 34.8 Å². The van der Waals surface area contributed by atoms with E-state index in [4.69, 9.17) is 46.4 Å². The molecule has 2 amide bonds. The lowest BCUT2D eigenvalue weighted by Crippen LogP contribution is -2.42. The van der Waals surface area contributed by atoms with Gasteiger partial charge in [0.2, 0.25) is 11.8 Å². The lowest BCUT2D eigenvalue weighted by molar-refractivity contribution is -0.131. The number of anilines is 2. The van der Waals surface area contributed by atoms with Crippen molar-refractivity contribution in [3.05, 3.63) is 188 Å². The molecule has 2 aliphatic rings. The van der Waals surface area contributed by atoms with Gasteiger partial charge in [-0.1, -0.05) is 76.7 Å². The van der Waals surface area contributed by atoms with Crippen molar-refractivity contribution in [1.29, 1.82) is 0 Å². The van der Waals surface area contributed by atoms with E-state index in [1.54, 1.807) is 94.7 Å². The zero-order valence-corrected chi connectivity index (χ0v) is 39.6. The lowest BCUT2D eigenvalue weighted by Gasteiger charge is -2.30. The molecule has 0 saturated carbocycles. The van der Waals surface area contributed by atoms with E-state index in [1.807, 2.05) is 0 Å². The Bertz CT molecular complexity index is 2880. The number of benzene rings is 6. The Hall–Kier alpha value is -5.22. The molecule has 2 atom stereocenters. The zero-order chi connectivity index (χ0) is 47.2. The first-order valence-corrected chi connectivity index (χ1v) is 25.1. The highest BCUT2D eigenvalue weighted by atomic mass is 35.5. The van der Waals surface area contributed by atoms with E-state index in [2.05, 4.69) is 0 Å². The number of carbonyl (C=O) groups is 2. The summed E-state index contributed by atoms with van der Waals surface area (Å²) in [5.74, 6) is -1.38. The van der Waals surface area contributed by atoms with Gasteiger partial charge in [0, 0.05) is 33.2 Å². The van der Waals surface area contributed by atoms with Crippen LogP contribution in [-0.2, 0) is 29.6 Å². The number of rotatable bonds is 12. The predicted octanol–water partition coefficient (Wildman–Crippen LogP) is 11.4. The average Bonchev–Trinajstić information content (AvgIpc) is 4.01. The molecule has 6 aromatic rings. The molecular weight excluding hydrogens is 972 g/mol. The van der Waals surface area contributed by atoms with Gasteiger partial charge < -0.3 is 9.80 Å². The Morgan fingerprint density at radius 3 is 1.27 bits per heavy atom. The first-order valence-electron chi connectivity index (χ1n) is 20.7. The number of sulfonamides is 2. The molecule has 0 aliphatic carbocycles. The summed E-state index contributed by atoms with van der Waals surface area (Å²) in [5.41, 5.74) is 2.27.